The van der Waals surface area contributed by atoms with Gasteiger partial charge >= 0.3 is 0 Å². The fourth-order valence-electron chi connectivity index (χ4n) is 1.30. The van der Waals surface area contributed by atoms with Gasteiger partial charge in [0.25, 0.3) is 0 Å². The average molecular weight is 243 g/mol. The van der Waals surface area contributed by atoms with Crippen molar-refractivity contribution in [2.24, 2.45) is 0 Å². The van der Waals surface area contributed by atoms with Crippen molar-refractivity contribution in [3.05, 3.63) is 0 Å². The van der Waals surface area contributed by atoms with Crippen LogP contribution in [-0.4, -0.2) is 49.7 Å². The van der Waals surface area contributed by atoms with Crippen LogP contribution >= 0.6 is 0 Å². The Balaban J connectivity index is 3.76. The second-order valence-corrected chi connectivity index (χ2v) is 3.51. The van der Waals surface area contributed by atoms with Gasteiger partial charge in [-0.25, -0.2) is 5.01 Å². The number of nitrogens with zero attached hydrogens (tertiary/aromatic N) is 1. The highest BCUT2D eigenvalue weighted by Gasteiger charge is 2.04. The van der Waals surface area contributed by atoms with E-state index in [1.54, 1.807) is 5.01 Å². The van der Waals surface area contributed by atoms with Crippen LogP contribution in [0.5, 0.6) is 0 Å². The minimum Gasteiger partial charge on any atom is -0.356 e. The minimum absolute atomic E-state index is 0.00859. The molecule has 0 aromatic rings. The van der Waals surface area contributed by atoms with E-state index in [1.165, 1.54) is 0 Å². The summed E-state index contributed by atoms with van der Waals surface area (Å²) in [6.45, 7) is 4.09. The number of hydrogen-bond acceptors (Lipinski definition) is 5. The van der Waals surface area contributed by atoms with Crippen molar-refractivity contribution in [2.75, 3.05) is 26.2 Å². The predicted molar refractivity (Wildman–Crippen MR) is 64.2 cm³/mol. The van der Waals surface area contributed by atoms with Crippen LogP contribution in [0.15, 0.2) is 0 Å². The maximum absolute atomic E-state index is 11.2. The van der Waals surface area contributed by atoms with Crippen molar-refractivity contribution >= 4 is 18.5 Å². The average Bonchev–Trinajstić information content (AvgIpc) is 2.32. The van der Waals surface area contributed by atoms with Crippen molar-refractivity contribution in [2.45, 2.75) is 26.2 Å². The van der Waals surface area contributed by atoms with Gasteiger partial charge in [-0.3, -0.25) is 10.2 Å². The lowest BCUT2D eigenvalue weighted by Crippen LogP contribution is -2.41. The number of hydrogen-bond donors (Lipinski definition) is 2. The van der Waals surface area contributed by atoms with Gasteiger partial charge in [-0.2, -0.15) is 0 Å². The molecule has 1 amide bonds. The second kappa shape index (κ2) is 11.2. The van der Waals surface area contributed by atoms with E-state index in [0.29, 0.717) is 45.4 Å². The van der Waals surface area contributed by atoms with Gasteiger partial charge in [0.05, 0.1) is 0 Å². The molecule has 6 heteroatoms. The quantitative estimate of drug-likeness (QED) is 0.378. The van der Waals surface area contributed by atoms with E-state index in [4.69, 9.17) is 0 Å². The minimum atomic E-state index is -0.00859. The number of aldehydes is 2. The number of hydrazine groups is 1. The summed E-state index contributed by atoms with van der Waals surface area (Å²) in [6, 6.07) is 0. The monoisotopic (exact) mass is 243 g/mol. The van der Waals surface area contributed by atoms with Crippen LogP contribution in [0, 0.1) is 0 Å². The molecule has 98 valence electrons. The van der Waals surface area contributed by atoms with Crippen LogP contribution < -0.4 is 10.7 Å². The fourth-order valence-corrected chi connectivity index (χ4v) is 1.30. The molecule has 0 aromatic heterocycles. The molecule has 6 nitrogen and oxygen atoms in total. The van der Waals surface area contributed by atoms with E-state index >= 15 is 0 Å². The van der Waals surface area contributed by atoms with Crippen molar-refractivity contribution < 1.29 is 14.4 Å². The largest absolute Gasteiger partial charge is 0.356 e. The van der Waals surface area contributed by atoms with Crippen LogP contribution in [0.25, 0.3) is 0 Å². The number of carbonyl (C=O) groups excluding carboxylic acids is 3. The fraction of sp³-hybridized carbons (Fsp3) is 0.727. The molecule has 0 aliphatic heterocycles. The SMILES string of the molecule is CCNC(=O)CCNN(CCC=O)CCC=O. The molecule has 0 bridgehead atoms. The molecule has 0 saturated heterocycles. The highest BCUT2D eigenvalue weighted by Crippen LogP contribution is 1.89. The summed E-state index contributed by atoms with van der Waals surface area (Å²) in [7, 11) is 0. The Morgan fingerprint density at radius 2 is 1.76 bits per heavy atom. The maximum Gasteiger partial charge on any atom is 0.221 e. The summed E-state index contributed by atoms with van der Waals surface area (Å²) in [4.78, 5) is 31.7. The molecule has 2 N–H and O–H groups in total. The Bertz CT molecular complexity index is 222. The van der Waals surface area contributed by atoms with Crippen molar-refractivity contribution in [1.29, 1.82) is 0 Å². The topological polar surface area (TPSA) is 78.5 Å². The first-order valence-electron chi connectivity index (χ1n) is 5.87. The van der Waals surface area contributed by atoms with Gasteiger partial charge in [0.1, 0.15) is 12.6 Å². The summed E-state index contributed by atoms with van der Waals surface area (Å²) < 4.78 is 0. The van der Waals surface area contributed by atoms with Crippen LogP contribution in [-0.2, 0) is 14.4 Å². The molecule has 0 spiro atoms. The standard InChI is InChI=1S/C11H21N3O3/c1-2-12-11(17)5-6-13-14(7-3-9-15)8-4-10-16/h9-10,13H,2-8H2,1H3,(H,12,17). The van der Waals surface area contributed by atoms with Crippen molar-refractivity contribution in [3.63, 3.8) is 0 Å². The van der Waals surface area contributed by atoms with E-state index < -0.39 is 0 Å². The van der Waals surface area contributed by atoms with E-state index in [-0.39, 0.29) is 5.91 Å². The van der Waals surface area contributed by atoms with Crippen LogP contribution in [0.3, 0.4) is 0 Å². The smallest absolute Gasteiger partial charge is 0.221 e. The summed E-state index contributed by atoms with van der Waals surface area (Å²) in [5.41, 5.74) is 3.03. The zero-order valence-corrected chi connectivity index (χ0v) is 10.3. The molecule has 0 unspecified atom stereocenters. The summed E-state index contributed by atoms with van der Waals surface area (Å²) in [5, 5.41) is 4.49. The van der Waals surface area contributed by atoms with E-state index in [2.05, 4.69) is 10.7 Å². The Kier molecular flexibility index (Phi) is 10.4. The van der Waals surface area contributed by atoms with Crippen LogP contribution in [0.1, 0.15) is 26.2 Å². The lowest BCUT2D eigenvalue weighted by Gasteiger charge is -2.21. The Hall–Kier alpha value is -1.27. The van der Waals surface area contributed by atoms with Gasteiger partial charge in [-0.15, -0.1) is 0 Å². The number of rotatable bonds is 11. The third-order valence-electron chi connectivity index (χ3n) is 2.10. The van der Waals surface area contributed by atoms with Crippen molar-refractivity contribution in [1.82, 2.24) is 15.8 Å². The second-order valence-electron chi connectivity index (χ2n) is 3.51. The molecular weight excluding hydrogens is 222 g/mol. The van der Waals surface area contributed by atoms with Gasteiger partial charge in [0.15, 0.2) is 0 Å². The van der Waals surface area contributed by atoms with Gasteiger partial charge in [0.2, 0.25) is 5.91 Å². The number of amides is 1. The molecule has 0 radical (unpaired) electrons. The van der Waals surface area contributed by atoms with E-state index in [0.717, 1.165) is 12.6 Å². The molecule has 0 heterocycles. The molecule has 17 heavy (non-hydrogen) atoms. The first-order valence-corrected chi connectivity index (χ1v) is 5.87. The van der Waals surface area contributed by atoms with E-state index in [9.17, 15) is 14.4 Å². The van der Waals surface area contributed by atoms with Crippen molar-refractivity contribution in [3.8, 4) is 0 Å². The zero-order chi connectivity index (χ0) is 12.9. The molecule has 0 fully saturated rings. The highest BCUT2D eigenvalue weighted by atomic mass is 16.1. The Labute approximate surface area is 102 Å². The third-order valence-corrected chi connectivity index (χ3v) is 2.10. The van der Waals surface area contributed by atoms with Gasteiger partial charge in [0, 0.05) is 45.4 Å². The van der Waals surface area contributed by atoms with Crippen LogP contribution in [0.4, 0.5) is 0 Å². The van der Waals surface area contributed by atoms with Crippen LogP contribution in [0.2, 0.25) is 0 Å². The van der Waals surface area contributed by atoms with E-state index in [1.807, 2.05) is 6.92 Å². The molecule has 0 aliphatic rings. The zero-order valence-electron chi connectivity index (χ0n) is 10.3. The van der Waals surface area contributed by atoms with Gasteiger partial charge in [-0.05, 0) is 6.92 Å². The number of carbonyl (C=O) groups is 3. The molecule has 0 aliphatic carbocycles. The lowest BCUT2D eigenvalue weighted by molar-refractivity contribution is -0.121. The molecule has 0 saturated carbocycles. The first-order chi connectivity index (χ1) is 8.24. The lowest BCUT2D eigenvalue weighted by atomic mass is 10.4. The molecule has 0 aromatic carbocycles. The maximum atomic E-state index is 11.2. The Morgan fingerprint density at radius 3 is 2.24 bits per heavy atom. The number of nitrogens with one attached hydrogen (secondary N) is 2. The summed E-state index contributed by atoms with van der Waals surface area (Å²) >= 11 is 0. The van der Waals surface area contributed by atoms with Gasteiger partial charge < -0.3 is 14.9 Å². The van der Waals surface area contributed by atoms with Gasteiger partial charge in [-0.1, -0.05) is 0 Å². The first kappa shape index (κ1) is 15.7. The predicted octanol–water partition coefficient (Wildman–Crippen LogP) is -0.503. The summed E-state index contributed by atoms with van der Waals surface area (Å²) in [6.07, 6.45) is 2.87. The normalized spacial score (nSPS) is 10.2. The molecular formula is C11H21N3O3. The molecule has 0 atom stereocenters. The highest BCUT2D eigenvalue weighted by molar-refractivity contribution is 5.75. The third kappa shape index (κ3) is 9.65. The Morgan fingerprint density at radius 1 is 1.18 bits per heavy atom. The summed E-state index contributed by atoms with van der Waals surface area (Å²) in [5.74, 6) is -0.00859. The molecule has 0 rings (SSSR count).